The molecule has 7 heteroatoms. The number of non-ortho nitro benzene ring substituents is 1. The minimum absolute atomic E-state index is 0.0255. The standard InChI is InChI=1S/C18H15N3O3S/c1-2-17(22)19-14-7-3-13(4-8-14)18-20-16(11-25-18)12-5-9-15(10-6-12)21(23)24/h3-11H,2H2,1H3,(H,19,22). The van der Waals surface area contributed by atoms with Crippen molar-refractivity contribution >= 4 is 28.6 Å². The molecule has 0 saturated carbocycles. The number of aromatic nitrogens is 1. The molecule has 0 bridgehead atoms. The maximum absolute atomic E-state index is 11.4. The number of nitro benzene ring substituents is 1. The van der Waals surface area contributed by atoms with Crippen LogP contribution in [-0.2, 0) is 4.79 Å². The second-order valence-electron chi connectivity index (χ2n) is 5.32. The molecule has 1 aromatic heterocycles. The van der Waals surface area contributed by atoms with Crippen LogP contribution in [0.5, 0.6) is 0 Å². The van der Waals surface area contributed by atoms with Crippen molar-refractivity contribution in [2.24, 2.45) is 0 Å². The summed E-state index contributed by atoms with van der Waals surface area (Å²) in [6, 6.07) is 13.8. The molecule has 0 aliphatic heterocycles. The van der Waals surface area contributed by atoms with Crippen molar-refractivity contribution in [3.8, 4) is 21.8 Å². The van der Waals surface area contributed by atoms with Crippen molar-refractivity contribution in [2.45, 2.75) is 13.3 Å². The Morgan fingerprint density at radius 3 is 2.36 bits per heavy atom. The Balaban J connectivity index is 1.79. The van der Waals surface area contributed by atoms with E-state index in [4.69, 9.17) is 0 Å². The van der Waals surface area contributed by atoms with Gasteiger partial charge in [0.2, 0.25) is 5.91 Å². The first kappa shape index (κ1) is 16.8. The minimum Gasteiger partial charge on any atom is -0.326 e. The number of carbonyl (C=O) groups is 1. The third-order valence-electron chi connectivity index (χ3n) is 3.61. The minimum atomic E-state index is -0.421. The van der Waals surface area contributed by atoms with Gasteiger partial charge in [0.25, 0.3) is 5.69 Å². The largest absolute Gasteiger partial charge is 0.326 e. The highest BCUT2D eigenvalue weighted by molar-refractivity contribution is 7.13. The summed E-state index contributed by atoms with van der Waals surface area (Å²) in [4.78, 5) is 26.3. The average Bonchev–Trinajstić information content (AvgIpc) is 3.12. The molecular weight excluding hydrogens is 338 g/mol. The molecule has 1 heterocycles. The Hall–Kier alpha value is -3.06. The first-order valence-corrected chi connectivity index (χ1v) is 8.55. The predicted octanol–water partition coefficient (Wildman–Crippen LogP) is 4.73. The maximum atomic E-state index is 11.4. The molecule has 0 spiro atoms. The van der Waals surface area contributed by atoms with E-state index in [2.05, 4.69) is 10.3 Å². The first-order valence-electron chi connectivity index (χ1n) is 7.67. The van der Waals surface area contributed by atoms with E-state index >= 15 is 0 Å². The Morgan fingerprint density at radius 2 is 1.76 bits per heavy atom. The fraction of sp³-hybridized carbons (Fsp3) is 0.111. The summed E-state index contributed by atoms with van der Waals surface area (Å²) < 4.78 is 0. The number of hydrogen-bond acceptors (Lipinski definition) is 5. The number of carbonyl (C=O) groups excluding carboxylic acids is 1. The second kappa shape index (κ2) is 7.23. The van der Waals surface area contributed by atoms with Gasteiger partial charge in [0, 0.05) is 40.7 Å². The molecule has 0 aliphatic carbocycles. The van der Waals surface area contributed by atoms with E-state index in [0.29, 0.717) is 6.42 Å². The molecular formula is C18H15N3O3S. The van der Waals surface area contributed by atoms with Gasteiger partial charge in [-0.25, -0.2) is 4.98 Å². The van der Waals surface area contributed by atoms with Gasteiger partial charge >= 0.3 is 0 Å². The van der Waals surface area contributed by atoms with Crippen LogP contribution in [0.1, 0.15) is 13.3 Å². The van der Waals surface area contributed by atoms with Gasteiger partial charge in [-0.15, -0.1) is 11.3 Å². The van der Waals surface area contributed by atoms with Gasteiger partial charge in [-0.05, 0) is 36.4 Å². The van der Waals surface area contributed by atoms with E-state index in [9.17, 15) is 14.9 Å². The molecule has 1 N–H and O–H groups in total. The van der Waals surface area contributed by atoms with E-state index < -0.39 is 4.92 Å². The Kier molecular flexibility index (Phi) is 4.85. The number of rotatable bonds is 5. The summed E-state index contributed by atoms with van der Waals surface area (Å²) in [5.74, 6) is -0.0255. The smallest absolute Gasteiger partial charge is 0.269 e. The number of thiazole rings is 1. The first-order chi connectivity index (χ1) is 12.1. The van der Waals surface area contributed by atoms with Crippen LogP contribution in [-0.4, -0.2) is 15.8 Å². The van der Waals surface area contributed by atoms with Gasteiger partial charge in [-0.2, -0.15) is 0 Å². The molecule has 0 radical (unpaired) electrons. The zero-order valence-corrected chi connectivity index (χ0v) is 14.2. The summed E-state index contributed by atoms with van der Waals surface area (Å²) in [6.07, 6.45) is 0.437. The van der Waals surface area contributed by atoms with Crippen LogP contribution in [0.2, 0.25) is 0 Å². The molecule has 0 aliphatic rings. The fourth-order valence-corrected chi connectivity index (χ4v) is 3.07. The predicted molar refractivity (Wildman–Crippen MR) is 98.6 cm³/mol. The van der Waals surface area contributed by atoms with Gasteiger partial charge < -0.3 is 5.32 Å². The van der Waals surface area contributed by atoms with Crippen molar-refractivity contribution in [3.63, 3.8) is 0 Å². The highest BCUT2D eigenvalue weighted by atomic mass is 32.1. The fourth-order valence-electron chi connectivity index (χ4n) is 2.24. The zero-order valence-electron chi connectivity index (χ0n) is 13.4. The van der Waals surface area contributed by atoms with Crippen LogP contribution in [0.3, 0.4) is 0 Å². The van der Waals surface area contributed by atoms with Crippen LogP contribution in [0.25, 0.3) is 21.8 Å². The van der Waals surface area contributed by atoms with Crippen molar-refractivity contribution in [2.75, 3.05) is 5.32 Å². The van der Waals surface area contributed by atoms with E-state index in [0.717, 1.165) is 27.5 Å². The Labute approximate surface area is 148 Å². The Bertz CT molecular complexity index is 902. The summed E-state index contributed by atoms with van der Waals surface area (Å²) in [5.41, 5.74) is 3.37. The summed E-state index contributed by atoms with van der Waals surface area (Å²) in [7, 11) is 0. The third kappa shape index (κ3) is 3.89. The lowest BCUT2D eigenvalue weighted by atomic mass is 10.1. The van der Waals surface area contributed by atoms with E-state index in [-0.39, 0.29) is 11.6 Å². The lowest BCUT2D eigenvalue weighted by Gasteiger charge is -2.04. The topological polar surface area (TPSA) is 85.1 Å². The molecule has 25 heavy (non-hydrogen) atoms. The summed E-state index contributed by atoms with van der Waals surface area (Å²) in [6.45, 7) is 1.80. The van der Waals surface area contributed by atoms with Gasteiger partial charge in [0.15, 0.2) is 0 Å². The number of nitro groups is 1. The van der Waals surface area contributed by atoms with Gasteiger partial charge in [0.05, 0.1) is 10.6 Å². The molecule has 0 atom stereocenters. The number of hydrogen-bond donors (Lipinski definition) is 1. The van der Waals surface area contributed by atoms with Gasteiger partial charge in [-0.3, -0.25) is 14.9 Å². The van der Waals surface area contributed by atoms with Crippen LogP contribution >= 0.6 is 11.3 Å². The SMILES string of the molecule is CCC(=O)Nc1ccc(-c2nc(-c3ccc([N+](=O)[O-])cc3)cs2)cc1. The van der Waals surface area contributed by atoms with E-state index in [1.165, 1.54) is 23.5 Å². The van der Waals surface area contributed by atoms with Crippen LogP contribution < -0.4 is 5.32 Å². The lowest BCUT2D eigenvalue weighted by molar-refractivity contribution is -0.384. The van der Waals surface area contributed by atoms with E-state index in [1.54, 1.807) is 19.1 Å². The number of benzene rings is 2. The highest BCUT2D eigenvalue weighted by Crippen LogP contribution is 2.30. The van der Waals surface area contributed by atoms with Crippen LogP contribution in [0.15, 0.2) is 53.9 Å². The second-order valence-corrected chi connectivity index (χ2v) is 6.18. The third-order valence-corrected chi connectivity index (χ3v) is 4.51. The molecule has 3 aromatic rings. The van der Waals surface area contributed by atoms with Gasteiger partial charge in [-0.1, -0.05) is 6.92 Å². The summed E-state index contributed by atoms with van der Waals surface area (Å²) >= 11 is 1.50. The highest BCUT2D eigenvalue weighted by Gasteiger charge is 2.09. The van der Waals surface area contributed by atoms with E-state index in [1.807, 2.05) is 29.6 Å². The zero-order chi connectivity index (χ0) is 17.8. The number of anilines is 1. The van der Waals surface area contributed by atoms with Crippen LogP contribution in [0.4, 0.5) is 11.4 Å². The molecule has 0 unspecified atom stereocenters. The summed E-state index contributed by atoms with van der Waals surface area (Å²) in [5, 5.41) is 16.3. The maximum Gasteiger partial charge on any atom is 0.269 e. The molecule has 1 amide bonds. The van der Waals surface area contributed by atoms with Crippen molar-refractivity contribution in [1.82, 2.24) is 4.98 Å². The molecule has 2 aromatic carbocycles. The van der Waals surface area contributed by atoms with Crippen LogP contribution in [0, 0.1) is 10.1 Å². The van der Waals surface area contributed by atoms with Gasteiger partial charge in [0.1, 0.15) is 5.01 Å². The number of nitrogens with one attached hydrogen (secondary N) is 1. The molecule has 126 valence electrons. The van der Waals surface area contributed by atoms with Crippen molar-refractivity contribution in [3.05, 3.63) is 64.0 Å². The normalized spacial score (nSPS) is 10.4. The number of amides is 1. The lowest BCUT2D eigenvalue weighted by Crippen LogP contribution is -2.08. The molecule has 3 rings (SSSR count). The monoisotopic (exact) mass is 353 g/mol. The average molecular weight is 353 g/mol. The quantitative estimate of drug-likeness (QED) is 0.530. The molecule has 0 fully saturated rings. The number of nitrogens with zero attached hydrogens (tertiary/aromatic N) is 2. The molecule has 0 saturated heterocycles. The Morgan fingerprint density at radius 1 is 1.12 bits per heavy atom. The van der Waals surface area contributed by atoms with Crippen molar-refractivity contribution in [1.29, 1.82) is 0 Å². The van der Waals surface area contributed by atoms with Crippen molar-refractivity contribution < 1.29 is 9.72 Å². The molecule has 6 nitrogen and oxygen atoms in total.